The van der Waals surface area contributed by atoms with Gasteiger partial charge in [-0.1, -0.05) is 6.92 Å². The summed E-state index contributed by atoms with van der Waals surface area (Å²) in [6.45, 7) is 3.99. The first-order chi connectivity index (χ1) is 9.61. The second kappa shape index (κ2) is 6.46. The van der Waals surface area contributed by atoms with Gasteiger partial charge >= 0.3 is 5.69 Å². The Balaban J connectivity index is 3.36. The van der Waals surface area contributed by atoms with Crippen LogP contribution < -0.4 is 4.72 Å². The van der Waals surface area contributed by atoms with E-state index >= 15 is 0 Å². The molecule has 0 radical (unpaired) electrons. The Labute approximate surface area is 122 Å². The molecule has 1 unspecified atom stereocenters. The molecule has 0 aliphatic carbocycles. The van der Waals surface area contributed by atoms with Crippen molar-refractivity contribution < 1.29 is 22.8 Å². The van der Waals surface area contributed by atoms with Crippen molar-refractivity contribution in [1.29, 1.82) is 0 Å². The van der Waals surface area contributed by atoms with Gasteiger partial charge in [-0.15, -0.1) is 0 Å². The molecule has 7 nitrogen and oxygen atoms in total. The second-order valence-corrected chi connectivity index (χ2v) is 6.35. The van der Waals surface area contributed by atoms with Crippen LogP contribution in [0.4, 0.5) is 10.1 Å². The summed E-state index contributed by atoms with van der Waals surface area (Å²) in [6, 6.07) is 0.815. The van der Waals surface area contributed by atoms with Crippen LogP contribution in [0, 0.1) is 29.8 Å². The zero-order valence-corrected chi connectivity index (χ0v) is 12.7. The fraction of sp³-hybridized carbons (Fsp3) is 0.500. The summed E-state index contributed by atoms with van der Waals surface area (Å²) in [5, 5.41) is 20.3. The number of hydrogen-bond acceptors (Lipinski definition) is 5. The summed E-state index contributed by atoms with van der Waals surface area (Å²) in [5.41, 5.74) is -1.07. The lowest BCUT2D eigenvalue weighted by Gasteiger charge is -2.14. The van der Waals surface area contributed by atoms with Crippen LogP contribution in [0.5, 0.6) is 0 Å². The lowest BCUT2D eigenvalue weighted by Crippen LogP contribution is -2.32. The van der Waals surface area contributed by atoms with Crippen molar-refractivity contribution in [3.05, 3.63) is 33.1 Å². The van der Waals surface area contributed by atoms with Gasteiger partial charge in [0.25, 0.3) is 0 Å². The molecule has 1 aromatic carbocycles. The molecular weight excluding hydrogens is 303 g/mol. The van der Waals surface area contributed by atoms with Crippen molar-refractivity contribution in [3.63, 3.8) is 0 Å². The van der Waals surface area contributed by atoms with Gasteiger partial charge in [0.05, 0.1) is 21.5 Å². The summed E-state index contributed by atoms with van der Waals surface area (Å²) in [4.78, 5) is 9.57. The van der Waals surface area contributed by atoms with E-state index in [9.17, 15) is 28.0 Å². The van der Waals surface area contributed by atoms with Gasteiger partial charge < -0.3 is 5.11 Å². The van der Waals surface area contributed by atoms with Crippen LogP contribution >= 0.6 is 0 Å². The van der Waals surface area contributed by atoms with Crippen LogP contribution in [0.15, 0.2) is 11.0 Å². The summed E-state index contributed by atoms with van der Waals surface area (Å²) in [5.74, 6) is -1.08. The number of nitro groups is 1. The van der Waals surface area contributed by atoms with Gasteiger partial charge in [-0.3, -0.25) is 10.1 Å². The Morgan fingerprint density at radius 3 is 2.52 bits per heavy atom. The highest BCUT2D eigenvalue weighted by atomic mass is 32.2. The van der Waals surface area contributed by atoms with E-state index in [1.807, 2.05) is 0 Å². The molecule has 1 rings (SSSR count). The molecule has 9 heteroatoms. The zero-order chi connectivity index (χ0) is 16.4. The third kappa shape index (κ3) is 3.74. The molecule has 118 valence electrons. The Bertz CT molecular complexity index is 660. The normalized spacial score (nSPS) is 13.2. The van der Waals surface area contributed by atoms with Gasteiger partial charge in [0, 0.05) is 6.54 Å². The van der Waals surface area contributed by atoms with Crippen molar-refractivity contribution in [3.8, 4) is 0 Å². The topological polar surface area (TPSA) is 110 Å². The minimum absolute atomic E-state index is 0.0640. The number of aliphatic hydroxyl groups is 1. The molecule has 0 fully saturated rings. The molecule has 0 spiro atoms. The maximum absolute atomic E-state index is 13.6. The Hall–Kier alpha value is -1.58. The number of nitro benzene ring substituents is 1. The summed E-state index contributed by atoms with van der Waals surface area (Å²) in [7, 11) is -4.08. The Kier molecular flexibility index (Phi) is 5.37. The molecule has 0 bridgehead atoms. The number of hydrogen-bond donors (Lipinski definition) is 2. The van der Waals surface area contributed by atoms with E-state index in [2.05, 4.69) is 4.72 Å². The predicted octanol–water partition coefficient (Wildman–Crippen LogP) is 1.40. The number of rotatable bonds is 6. The first-order valence-corrected chi connectivity index (χ1v) is 7.72. The molecule has 0 saturated heterocycles. The van der Waals surface area contributed by atoms with Crippen LogP contribution in [0.3, 0.4) is 0 Å². The highest BCUT2D eigenvalue weighted by Crippen LogP contribution is 2.30. The van der Waals surface area contributed by atoms with Gasteiger partial charge in [-0.25, -0.2) is 13.1 Å². The number of nitrogens with one attached hydrogen (secondary N) is 1. The van der Waals surface area contributed by atoms with Crippen LogP contribution in [0.25, 0.3) is 0 Å². The number of sulfonamides is 1. The largest absolute Gasteiger partial charge is 0.392 e. The third-order valence-corrected chi connectivity index (χ3v) is 4.77. The van der Waals surface area contributed by atoms with Gasteiger partial charge in [0.1, 0.15) is 0 Å². The standard InChI is InChI=1S/C12H17FN2O5S/c1-4-9(16)6-14-21(19,20)12-7(2)5-10(13)11(8(12)3)15(17)18/h5,9,14,16H,4,6H2,1-3H3. The molecule has 0 amide bonds. The first-order valence-electron chi connectivity index (χ1n) is 6.23. The molecule has 0 aliphatic heterocycles. The fourth-order valence-corrected chi connectivity index (χ4v) is 3.51. The minimum Gasteiger partial charge on any atom is -0.392 e. The van der Waals surface area contributed by atoms with Gasteiger partial charge in [-0.2, -0.15) is 4.39 Å². The molecule has 2 N–H and O–H groups in total. The smallest absolute Gasteiger partial charge is 0.309 e. The van der Waals surface area contributed by atoms with Crippen molar-refractivity contribution >= 4 is 15.7 Å². The molecule has 0 saturated carbocycles. The maximum atomic E-state index is 13.6. The number of aryl methyl sites for hydroxylation is 1. The van der Waals surface area contributed by atoms with E-state index in [1.165, 1.54) is 13.8 Å². The van der Waals surface area contributed by atoms with Crippen molar-refractivity contribution in [2.75, 3.05) is 6.54 Å². The summed E-state index contributed by atoms with van der Waals surface area (Å²) in [6.07, 6.45) is -0.514. The van der Waals surface area contributed by atoms with Gasteiger partial charge in [0.15, 0.2) is 0 Å². The van der Waals surface area contributed by atoms with E-state index < -0.39 is 32.6 Å². The maximum Gasteiger partial charge on any atom is 0.309 e. The summed E-state index contributed by atoms with van der Waals surface area (Å²) < 4.78 is 40.2. The Morgan fingerprint density at radius 2 is 2.05 bits per heavy atom. The predicted molar refractivity (Wildman–Crippen MR) is 74.0 cm³/mol. The van der Waals surface area contributed by atoms with Gasteiger partial charge in [-0.05, 0) is 31.9 Å². The fourth-order valence-electron chi connectivity index (χ4n) is 1.97. The number of nitrogens with zero attached hydrogens (tertiary/aromatic N) is 1. The molecule has 0 heterocycles. The SMILES string of the molecule is CCC(O)CNS(=O)(=O)c1c(C)cc(F)c([N+](=O)[O-])c1C. The number of halogens is 1. The van der Waals surface area contributed by atoms with Crippen LogP contribution in [-0.2, 0) is 10.0 Å². The van der Waals surface area contributed by atoms with E-state index in [0.717, 1.165) is 6.07 Å². The average Bonchev–Trinajstić information content (AvgIpc) is 2.34. The van der Waals surface area contributed by atoms with Crippen molar-refractivity contribution in [1.82, 2.24) is 4.72 Å². The van der Waals surface area contributed by atoms with Crippen molar-refractivity contribution in [2.45, 2.75) is 38.2 Å². The number of aliphatic hydroxyl groups excluding tert-OH is 1. The lowest BCUT2D eigenvalue weighted by molar-refractivity contribution is -0.388. The van der Waals surface area contributed by atoms with Crippen LogP contribution in [0.2, 0.25) is 0 Å². The van der Waals surface area contributed by atoms with E-state index in [1.54, 1.807) is 6.92 Å². The average molecular weight is 320 g/mol. The third-order valence-electron chi connectivity index (χ3n) is 3.05. The monoisotopic (exact) mass is 320 g/mol. The van der Waals surface area contributed by atoms with Gasteiger partial charge in [0.2, 0.25) is 15.8 Å². The molecule has 0 aromatic heterocycles. The minimum atomic E-state index is -4.08. The van der Waals surface area contributed by atoms with Crippen LogP contribution in [-0.4, -0.2) is 31.1 Å². The zero-order valence-electron chi connectivity index (χ0n) is 11.9. The van der Waals surface area contributed by atoms with E-state index in [0.29, 0.717) is 6.42 Å². The van der Waals surface area contributed by atoms with Crippen molar-refractivity contribution in [2.24, 2.45) is 0 Å². The second-order valence-electron chi connectivity index (χ2n) is 4.65. The lowest BCUT2D eigenvalue weighted by atomic mass is 10.1. The molecule has 0 aliphatic rings. The molecule has 21 heavy (non-hydrogen) atoms. The molecule has 1 atom stereocenters. The van der Waals surface area contributed by atoms with Crippen LogP contribution in [0.1, 0.15) is 24.5 Å². The molecular formula is C12H17FN2O5S. The highest BCUT2D eigenvalue weighted by Gasteiger charge is 2.29. The number of benzene rings is 1. The summed E-state index contributed by atoms with van der Waals surface area (Å²) >= 11 is 0. The molecule has 1 aromatic rings. The quantitative estimate of drug-likeness (QED) is 0.608. The first kappa shape index (κ1) is 17.5. The Morgan fingerprint density at radius 1 is 1.48 bits per heavy atom. The van der Waals surface area contributed by atoms with E-state index in [4.69, 9.17) is 0 Å². The highest BCUT2D eigenvalue weighted by molar-refractivity contribution is 7.89. The van der Waals surface area contributed by atoms with E-state index in [-0.39, 0.29) is 22.6 Å².